The first kappa shape index (κ1) is 16.4. The number of hydrogen-bond donors (Lipinski definition) is 2. The summed E-state index contributed by atoms with van der Waals surface area (Å²) in [5, 5.41) is 4.46. The first-order valence-corrected chi connectivity index (χ1v) is 7.68. The van der Waals surface area contributed by atoms with E-state index in [1.165, 1.54) is 12.1 Å². The maximum absolute atomic E-state index is 12.8. The second kappa shape index (κ2) is 8.48. The Morgan fingerprint density at radius 2 is 1.95 bits per heavy atom. The van der Waals surface area contributed by atoms with Crippen LogP contribution in [0.4, 0.5) is 4.39 Å². The van der Waals surface area contributed by atoms with Gasteiger partial charge >= 0.3 is 0 Å². The molecular formula is C16H22FN3O2. The number of amides is 2. The summed E-state index contributed by atoms with van der Waals surface area (Å²) in [5.41, 5.74) is 3.86. The van der Waals surface area contributed by atoms with Gasteiger partial charge in [0.2, 0.25) is 6.41 Å². The molecule has 0 bridgehead atoms. The third kappa shape index (κ3) is 5.11. The van der Waals surface area contributed by atoms with Crippen molar-refractivity contribution in [2.24, 2.45) is 0 Å². The number of nitrogens with zero attached hydrogens (tertiary/aromatic N) is 1. The van der Waals surface area contributed by atoms with Gasteiger partial charge in [-0.25, -0.2) is 9.40 Å². The summed E-state index contributed by atoms with van der Waals surface area (Å²) in [5.74, 6) is -0.428. The minimum atomic E-state index is -0.529. The lowest BCUT2D eigenvalue weighted by molar-refractivity contribution is -0.129. The van der Waals surface area contributed by atoms with Gasteiger partial charge < -0.3 is 5.32 Å². The monoisotopic (exact) mass is 307 g/mol. The third-order valence-corrected chi connectivity index (χ3v) is 3.83. The van der Waals surface area contributed by atoms with Crippen LogP contribution in [0.25, 0.3) is 0 Å². The normalized spacial score (nSPS) is 16.2. The lowest BCUT2D eigenvalue weighted by Crippen LogP contribution is -2.50. The lowest BCUT2D eigenvalue weighted by Gasteiger charge is -2.21. The Labute approximate surface area is 129 Å². The van der Waals surface area contributed by atoms with Gasteiger partial charge in [0.1, 0.15) is 11.9 Å². The highest BCUT2D eigenvalue weighted by Crippen LogP contribution is 2.09. The highest BCUT2D eigenvalue weighted by molar-refractivity contribution is 5.83. The predicted molar refractivity (Wildman–Crippen MR) is 81.3 cm³/mol. The third-order valence-electron chi connectivity index (χ3n) is 3.83. The highest BCUT2D eigenvalue weighted by Gasteiger charge is 2.21. The zero-order chi connectivity index (χ0) is 15.8. The molecule has 1 aromatic rings. The molecule has 2 rings (SSSR count). The molecule has 1 heterocycles. The van der Waals surface area contributed by atoms with Gasteiger partial charge in [-0.15, -0.1) is 0 Å². The summed E-state index contributed by atoms with van der Waals surface area (Å²) < 4.78 is 12.8. The van der Waals surface area contributed by atoms with Gasteiger partial charge in [0.05, 0.1) is 0 Å². The largest absolute Gasteiger partial charge is 0.347 e. The van der Waals surface area contributed by atoms with Crippen molar-refractivity contribution in [3.8, 4) is 0 Å². The van der Waals surface area contributed by atoms with Crippen molar-refractivity contribution in [3.05, 3.63) is 35.6 Å². The zero-order valence-corrected chi connectivity index (χ0v) is 12.6. The number of hydrogen-bond acceptors (Lipinski definition) is 3. The van der Waals surface area contributed by atoms with Crippen LogP contribution in [0.15, 0.2) is 24.3 Å². The van der Waals surface area contributed by atoms with Crippen LogP contribution in [0.5, 0.6) is 0 Å². The Kier molecular flexibility index (Phi) is 6.33. The molecule has 0 saturated carbocycles. The Balaban J connectivity index is 1.78. The molecule has 0 spiro atoms. The molecule has 1 aliphatic heterocycles. The number of carbonyl (C=O) groups is 2. The molecule has 1 aliphatic rings. The fourth-order valence-electron chi connectivity index (χ4n) is 2.60. The van der Waals surface area contributed by atoms with Gasteiger partial charge in [0, 0.05) is 13.1 Å². The smallest absolute Gasteiger partial charge is 0.256 e. The van der Waals surface area contributed by atoms with Crippen molar-refractivity contribution >= 4 is 12.3 Å². The molecule has 2 amide bonds. The van der Waals surface area contributed by atoms with Crippen LogP contribution >= 0.6 is 0 Å². The molecule has 5 nitrogen and oxygen atoms in total. The van der Waals surface area contributed by atoms with Crippen LogP contribution in [0.3, 0.4) is 0 Å². The zero-order valence-electron chi connectivity index (χ0n) is 12.6. The van der Waals surface area contributed by atoms with Crippen LogP contribution in [-0.2, 0) is 16.0 Å². The summed E-state index contributed by atoms with van der Waals surface area (Å²) >= 11 is 0. The van der Waals surface area contributed by atoms with Crippen molar-refractivity contribution in [3.63, 3.8) is 0 Å². The molecule has 2 N–H and O–H groups in total. The van der Waals surface area contributed by atoms with Gasteiger partial charge in [-0.1, -0.05) is 12.1 Å². The van der Waals surface area contributed by atoms with E-state index < -0.39 is 6.04 Å². The van der Waals surface area contributed by atoms with Crippen LogP contribution in [-0.4, -0.2) is 36.5 Å². The minimum absolute atomic E-state index is 0.173. The van der Waals surface area contributed by atoms with E-state index in [1.54, 1.807) is 12.1 Å². The van der Waals surface area contributed by atoms with E-state index in [0.29, 0.717) is 12.8 Å². The minimum Gasteiger partial charge on any atom is -0.347 e. The number of halogens is 1. The first-order valence-electron chi connectivity index (χ1n) is 7.68. The van der Waals surface area contributed by atoms with E-state index in [-0.39, 0.29) is 11.7 Å². The molecule has 6 heteroatoms. The van der Waals surface area contributed by atoms with E-state index >= 15 is 0 Å². The molecule has 1 atom stereocenters. The molecule has 1 fully saturated rings. The van der Waals surface area contributed by atoms with Crippen molar-refractivity contribution < 1.29 is 14.0 Å². The molecule has 0 aromatic heterocycles. The van der Waals surface area contributed by atoms with Gasteiger partial charge in [0.15, 0.2) is 0 Å². The second-order valence-corrected chi connectivity index (χ2v) is 5.53. The number of aryl methyl sites for hydroxylation is 1. The number of hydrazine groups is 1. The standard InChI is InChI=1S/C16H22FN3O2/c17-14-8-6-13(7-9-14)4-3-5-15(18-12-21)16(22)19-20-10-1-2-11-20/h6-9,12,15H,1-5,10-11H2,(H,18,21)(H,19,22). The second-order valence-electron chi connectivity index (χ2n) is 5.53. The van der Waals surface area contributed by atoms with Crippen molar-refractivity contribution in [2.75, 3.05) is 13.1 Å². The van der Waals surface area contributed by atoms with Crippen LogP contribution in [0, 0.1) is 5.82 Å². The molecule has 22 heavy (non-hydrogen) atoms. The average molecular weight is 307 g/mol. The van der Waals surface area contributed by atoms with E-state index in [0.717, 1.165) is 44.3 Å². The summed E-state index contributed by atoms with van der Waals surface area (Å²) in [6.07, 6.45) is 4.76. The number of carbonyl (C=O) groups excluding carboxylic acids is 2. The Bertz CT molecular complexity index is 487. The first-order chi connectivity index (χ1) is 10.7. The van der Waals surface area contributed by atoms with Crippen LogP contribution in [0.1, 0.15) is 31.2 Å². The Hall–Kier alpha value is -1.95. The van der Waals surface area contributed by atoms with E-state index in [1.807, 2.05) is 5.01 Å². The van der Waals surface area contributed by atoms with Gasteiger partial charge in [-0.05, 0) is 49.8 Å². The molecule has 1 unspecified atom stereocenters. The van der Waals surface area contributed by atoms with E-state index in [9.17, 15) is 14.0 Å². The quantitative estimate of drug-likeness (QED) is 0.714. The van der Waals surface area contributed by atoms with Crippen LogP contribution < -0.4 is 10.7 Å². The number of rotatable bonds is 8. The molecule has 120 valence electrons. The number of nitrogens with one attached hydrogen (secondary N) is 2. The van der Waals surface area contributed by atoms with Gasteiger partial charge in [-0.2, -0.15) is 0 Å². The molecular weight excluding hydrogens is 285 g/mol. The summed E-state index contributed by atoms with van der Waals surface area (Å²) in [7, 11) is 0. The highest BCUT2D eigenvalue weighted by atomic mass is 19.1. The van der Waals surface area contributed by atoms with Crippen molar-refractivity contribution in [1.29, 1.82) is 0 Å². The van der Waals surface area contributed by atoms with Crippen molar-refractivity contribution in [1.82, 2.24) is 15.8 Å². The SMILES string of the molecule is O=CNC(CCCc1ccc(F)cc1)C(=O)NN1CCCC1. The molecule has 1 saturated heterocycles. The summed E-state index contributed by atoms with van der Waals surface area (Å²) in [6.45, 7) is 1.71. The van der Waals surface area contributed by atoms with Gasteiger partial charge in [0.25, 0.3) is 5.91 Å². The van der Waals surface area contributed by atoms with Crippen molar-refractivity contribution in [2.45, 2.75) is 38.1 Å². The Morgan fingerprint density at radius 1 is 1.27 bits per heavy atom. The number of benzene rings is 1. The maximum Gasteiger partial charge on any atom is 0.256 e. The van der Waals surface area contributed by atoms with Gasteiger partial charge in [-0.3, -0.25) is 15.0 Å². The maximum atomic E-state index is 12.8. The molecule has 0 radical (unpaired) electrons. The van der Waals surface area contributed by atoms with Crippen LogP contribution in [0.2, 0.25) is 0 Å². The van der Waals surface area contributed by atoms with E-state index in [4.69, 9.17) is 0 Å². The lowest BCUT2D eigenvalue weighted by atomic mass is 10.0. The fourth-order valence-corrected chi connectivity index (χ4v) is 2.60. The summed E-state index contributed by atoms with van der Waals surface area (Å²) in [6, 6.07) is 5.80. The molecule has 1 aromatic carbocycles. The fraction of sp³-hybridized carbons (Fsp3) is 0.500. The predicted octanol–water partition coefficient (Wildman–Crippen LogP) is 1.39. The summed E-state index contributed by atoms with van der Waals surface area (Å²) in [4.78, 5) is 22.8. The van der Waals surface area contributed by atoms with E-state index in [2.05, 4.69) is 10.7 Å². The average Bonchev–Trinajstić information content (AvgIpc) is 3.01. The molecule has 0 aliphatic carbocycles. The topological polar surface area (TPSA) is 61.4 Å². The Morgan fingerprint density at radius 3 is 2.59 bits per heavy atom.